The van der Waals surface area contributed by atoms with Crippen LogP contribution in [0.15, 0.2) is 61.3 Å². The van der Waals surface area contributed by atoms with Gasteiger partial charge in [0.2, 0.25) is 0 Å². The number of hydrogen-bond acceptors (Lipinski definition) is 3. The molecule has 39 heavy (non-hydrogen) atoms. The lowest BCUT2D eigenvalue weighted by atomic mass is 9.86. The first-order chi connectivity index (χ1) is 18.7. The molecule has 202 valence electrons. The van der Waals surface area contributed by atoms with E-state index in [-0.39, 0.29) is 17.5 Å². The van der Waals surface area contributed by atoms with Gasteiger partial charge in [-0.2, -0.15) is 18.3 Å². The number of carbonyl (C=O) groups excluding carboxylic acids is 1. The molecule has 6 nitrogen and oxygen atoms in total. The fourth-order valence-corrected chi connectivity index (χ4v) is 5.83. The summed E-state index contributed by atoms with van der Waals surface area (Å²) >= 11 is 0. The Hall–Kier alpha value is -3.88. The van der Waals surface area contributed by atoms with Crippen LogP contribution in [0.25, 0.3) is 11.1 Å². The normalized spacial score (nSPS) is 16.4. The Labute approximate surface area is 225 Å². The van der Waals surface area contributed by atoms with Crippen molar-refractivity contribution in [1.82, 2.24) is 24.2 Å². The highest BCUT2D eigenvalue weighted by molar-refractivity contribution is 5.99. The van der Waals surface area contributed by atoms with Crippen LogP contribution < -0.4 is 0 Å². The Kier molecular flexibility index (Phi) is 6.32. The molecule has 2 aliphatic rings. The summed E-state index contributed by atoms with van der Waals surface area (Å²) in [5.74, 6) is 0.269. The molecular formula is C30H30F3N5O. The molecule has 1 aliphatic heterocycles. The third kappa shape index (κ3) is 4.86. The molecule has 1 amide bonds. The minimum Gasteiger partial charge on any atom is -0.333 e. The molecule has 1 atom stereocenters. The van der Waals surface area contributed by atoms with Crippen LogP contribution in [0.4, 0.5) is 13.2 Å². The minimum atomic E-state index is -4.62. The molecule has 1 aliphatic carbocycles. The zero-order valence-electron chi connectivity index (χ0n) is 21.9. The van der Waals surface area contributed by atoms with Crippen LogP contribution in [0.2, 0.25) is 0 Å². The number of halogens is 3. The van der Waals surface area contributed by atoms with E-state index < -0.39 is 11.9 Å². The summed E-state index contributed by atoms with van der Waals surface area (Å²) in [5.41, 5.74) is 3.67. The van der Waals surface area contributed by atoms with Crippen LogP contribution in [0.3, 0.4) is 0 Å². The summed E-state index contributed by atoms with van der Waals surface area (Å²) in [6.07, 6.45) is 4.55. The third-order valence-corrected chi connectivity index (χ3v) is 7.76. The van der Waals surface area contributed by atoms with Crippen LogP contribution >= 0.6 is 0 Å². The number of aryl methyl sites for hydroxylation is 2. The van der Waals surface area contributed by atoms with Gasteiger partial charge < -0.3 is 9.47 Å². The maximum atomic E-state index is 14.2. The summed E-state index contributed by atoms with van der Waals surface area (Å²) in [5, 5.41) is 3.85. The maximum absolute atomic E-state index is 14.2. The van der Waals surface area contributed by atoms with Crippen molar-refractivity contribution in [2.75, 3.05) is 6.54 Å². The second-order valence-corrected chi connectivity index (χ2v) is 10.6. The van der Waals surface area contributed by atoms with Crippen LogP contribution in [-0.2, 0) is 25.7 Å². The standard InChI is InChI=1S/C30H30F3N5O/c1-3-37-17-26(28(35-37)30(31,32)33)24-14-20(16-36-12-10-34-18-36)15-25-23(24)9-11-38(29(25)39)27(21-7-8-21)22-6-4-5-19(2)13-22/h4-6,10,12-15,17-18,21,27H,3,7-9,11,16H2,1-2H3/t27-/m0/s1. The summed E-state index contributed by atoms with van der Waals surface area (Å²) < 4.78 is 45.5. The highest BCUT2D eigenvalue weighted by Gasteiger charge is 2.42. The second kappa shape index (κ2) is 9.70. The average Bonchev–Trinajstić information content (AvgIpc) is 3.40. The zero-order chi connectivity index (χ0) is 27.3. The van der Waals surface area contributed by atoms with E-state index in [1.54, 1.807) is 31.7 Å². The Morgan fingerprint density at radius 1 is 1.10 bits per heavy atom. The molecule has 0 N–H and O–H groups in total. The number of fused-ring (bicyclic) bond motifs is 1. The van der Waals surface area contributed by atoms with Crippen molar-refractivity contribution in [3.8, 4) is 11.1 Å². The van der Waals surface area contributed by atoms with Crippen molar-refractivity contribution >= 4 is 5.91 Å². The maximum Gasteiger partial charge on any atom is 0.435 e. The first kappa shape index (κ1) is 25.4. The van der Waals surface area contributed by atoms with E-state index in [2.05, 4.69) is 22.2 Å². The minimum absolute atomic E-state index is 0.0201. The zero-order valence-corrected chi connectivity index (χ0v) is 21.9. The molecule has 2 aromatic heterocycles. The van der Waals surface area contributed by atoms with Crippen LogP contribution in [0, 0.1) is 12.8 Å². The van der Waals surface area contributed by atoms with Gasteiger partial charge in [-0.15, -0.1) is 0 Å². The lowest BCUT2D eigenvalue weighted by Crippen LogP contribution is -2.41. The Bertz CT molecular complexity index is 1520. The van der Waals surface area contributed by atoms with Gasteiger partial charge in [0.25, 0.3) is 5.91 Å². The molecule has 9 heteroatoms. The highest BCUT2D eigenvalue weighted by Crippen LogP contribution is 2.47. The van der Waals surface area contributed by atoms with Gasteiger partial charge in [0, 0.05) is 49.4 Å². The number of benzene rings is 2. The van der Waals surface area contributed by atoms with E-state index in [0.717, 1.165) is 29.5 Å². The predicted octanol–water partition coefficient (Wildman–Crippen LogP) is 6.29. The first-order valence-electron chi connectivity index (χ1n) is 13.4. The molecular weight excluding hydrogens is 503 g/mol. The molecule has 1 saturated carbocycles. The third-order valence-electron chi connectivity index (χ3n) is 7.76. The molecule has 0 unspecified atom stereocenters. The number of aromatic nitrogens is 4. The number of alkyl halides is 3. The molecule has 4 aromatic rings. The molecule has 1 fully saturated rings. The number of hydrogen-bond donors (Lipinski definition) is 0. The fourth-order valence-electron chi connectivity index (χ4n) is 5.83. The summed E-state index contributed by atoms with van der Waals surface area (Å²) in [7, 11) is 0. The number of rotatable bonds is 7. The van der Waals surface area contributed by atoms with Crippen molar-refractivity contribution in [1.29, 1.82) is 0 Å². The van der Waals surface area contributed by atoms with Gasteiger partial charge in [0.15, 0.2) is 5.69 Å². The summed E-state index contributed by atoms with van der Waals surface area (Å²) in [4.78, 5) is 20.2. The topological polar surface area (TPSA) is 56.0 Å². The second-order valence-electron chi connectivity index (χ2n) is 10.6. The molecule has 2 aromatic carbocycles. The Morgan fingerprint density at radius 3 is 2.56 bits per heavy atom. The smallest absolute Gasteiger partial charge is 0.333 e. The number of carbonyl (C=O) groups is 1. The van der Waals surface area contributed by atoms with Gasteiger partial charge in [0.05, 0.1) is 12.4 Å². The van der Waals surface area contributed by atoms with Gasteiger partial charge in [-0.05, 0) is 73.4 Å². The summed E-state index contributed by atoms with van der Waals surface area (Å²) in [6.45, 7) is 4.96. The van der Waals surface area contributed by atoms with E-state index in [0.29, 0.717) is 48.7 Å². The van der Waals surface area contributed by atoms with Gasteiger partial charge in [-0.1, -0.05) is 29.8 Å². The van der Waals surface area contributed by atoms with Gasteiger partial charge in [-0.25, -0.2) is 4.98 Å². The Balaban J connectivity index is 1.48. The van der Waals surface area contributed by atoms with Gasteiger partial charge >= 0.3 is 6.18 Å². The van der Waals surface area contributed by atoms with Crippen LogP contribution in [-0.4, -0.2) is 36.7 Å². The van der Waals surface area contributed by atoms with E-state index >= 15 is 0 Å². The SMILES string of the molecule is CCn1cc(-c2cc(Cn3ccnc3)cc3c2CCN([C@H](c2cccc(C)c2)C2CC2)C3=O)c(C(F)(F)F)n1. The Morgan fingerprint density at radius 2 is 1.90 bits per heavy atom. The van der Waals surface area contributed by atoms with Crippen molar-refractivity contribution < 1.29 is 18.0 Å². The van der Waals surface area contributed by atoms with Crippen LogP contribution in [0.1, 0.15) is 64.1 Å². The van der Waals surface area contributed by atoms with Gasteiger partial charge in [0.1, 0.15) is 0 Å². The lowest BCUT2D eigenvalue weighted by Gasteiger charge is -2.37. The monoisotopic (exact) mass is 533 g/mol. The molecule has 6 rings (SSSR count). The average molecular weight is 534 g/mol. The van der Waals surface area contributed by atoms with E-state index in [1.807, 2.05) is 34.6 Å². The molecule has 3 heterocycles. The van der Waals surface area contributed by atoms with E-state index in [9.17, 15) is 18.0 Å². The number of imidazole rings is 1. The predicted molar refractivity (Wildman–Crippen MR) is 141 cm³/mol. The molecule has 0 saturated heterocycles. The summed E-state index contributed by atoms with van der Waals surface area (Å²) in [6, 6.07) is 11.9. The van der Waals surface area contributed by atoms with Crippen molar-refractivity contribution in [2.24, 2.45) is 5.92 Å². The number of amides is 1. The lowest BCUT2D eigenvalue weighted by molar-refractivity contribution is -0.141. The fraction of sp³-hybridized carbons (Fsp3) is 0.367. The van der Waals surface area contributed by atoms with Crippen LogP contribution in [0.5, 0.6) is 0 Å². The quantitative estimate of drug-likeness (QED) is 0.281. The van der Waals surface area contributed by atoms with E-state index in [1.165, 1.54) is 10.9 Å². The first-order valence-corrected chi connectivity index (χ1v) is 13.4. The molecule has 0 bridgehead atoms. The van der Waals surface area contributed by atoms with Gasteiger partial charge in [-0.3, -0.25) is 9.48 Å². The molecule has 0 spiro atoms. The number of nitrogens with zero attached hydrogens (tertiary/aromatic N) is 5. The largest absolute Gasteiger partial charge is 0.435 e. The van der Waals surface area contributed by atoms with Crippen molar-refractivity contribution in [3.63, 3.8) is 0 Å². The van der Waals surface area contributed by atoms with Crippen molar-refractivity contribution in [2.45, 2.75) is 58.4 Å². The van der Waals surface area contributed by atoms with Crippen molar-refractivity contribution in [3.05, 3.63) is 94.8 Å². The van der Waals surface area contributed by atoms with E-state index in [4.69, 9.17) is 0 Å². The molecule has 0 radical (unpaired) electrons. The highest BCUT2D eigenvalue weighted by atomic mass is 19.4.